The van der Waals surface area contributed by atoms with Gasteiger partial charge in [0.25, 0.3) is 0 Å². The van der Waals surface area contributed by atoms with Gasteiger partial charge in [-0.05, 0) is 37.3 Å². The SMILES string of the molecule is CNCC(c1ccccc1)C1CCCCCC1. The molecule has 17 heavy (non-hydrogen) atoms. The summed E-state index contributed by atoms with van der Waals surface area (Å²) in [6, 6.07) is 11.1. The Morgan fingerprint density at radius 2 is 1.71 bits per heavy atom. The zero-order chi connectivity index (χ0) is 11.9. The maximum Gasteiger partial charge on any atom is 0.00198 e. The Morgan fingerprint density at radius 1 is 1.06 bits per heavy atom. The second-order valence-electron chi connectivity index (χ2n) is 5.33. The Hall–Kier alpha value is -0.820. The highest BCUT2D eigenvalue weighted by atomic mass is 14.8. The molecule has 0 aromatic heterocycles. The third-order valence-electron chi connectivity index (χ3n) is 4.12. The summed E-state index contributed by atoms with van der Waals surface area (Å²) in [5.41, 5.74) is 1.52. The van der Waals surface area contributed by atoms with Crippen LogP contribution in [0.3, 0.4) is 0 Å². The molecule has 0 radical (unpaired) electrons. The fraction of sp³-hybridized carbons (Fsp3) is 0.625. The van der Waals surface area contributed by atoms with E-state index in [9.17, 15) is 0 Å². The highest BCUT2D eigenvalue weighted by Crippen LogP contribution is 2.34. The van der Waals surface area contributed by atoms with Crippen LogP contribution in [0.5, 0.6) is 0 Å². The Morgan fingerprint density at radius 3 is 2.29 bits per heavy atom. The smallest absolute Gasteiger partial charge is 0.00198 e. The lowest BCUT2D eigenvalue weighted by molar-refractivity contribution is 0.367. The second kappa shape index (κ2) is 6.80. The van der Waals surface area contributed by atoms with Crippen molar-refractivity contribution in [3.05, 3.63) is 35.9 Å². The molecule has 0 saturated heterocycles. The molecule has 1 aliphatic rings. The molecule has 1 aliphatic carbocycles. The maximum atomic E-state index is 3.38. The van der Waals surface area contributed by atoms with Gasteiger partial charge in [0.15, 0.2) is 0 Å². The van der Waals surface area contributed by atoms with Gasteiger partial charge in [-0.2, -0.15) is 0 Å². The van der Waals surface area contributed by atoms with Crippen molar-refractivity contribution in [2.45, 2.75) is 44.4 Å². The van der Waals surface area contributed by atoms with Crippen LogP contribution in [0.25, 0.3) is 0 Å². The second-order valence-corrected chi connectivity index (χ2v) is 5.33. The average Bonchev–Trinajstić information content (AvgIpc) is 2.66. The third kappa shape index (κ3) is 3.57. The van der Waals surface area contributed by atoms with Crippen LogP contribution in [0.15, 0.2) is 30.3 Å². The summed E-state index contributed by atoms with van der Waals surface area (Å²) in [6.07, 6.45) is 8.58. The molecule has 0 spiro atoms. The number of nitrogens with one attached hydrogen (secondary N) is 1. The van der Waals surface area contributed by atoms with Crippen molar-refractivity contribution in [3.63, 3.8) is 0 Å². The van der Waals surface area contributed by atoms with Crippen molar-refractivity contribution >= 4 is 0 Å². The van der Waals surface area contributed by atoms with E-state index in [1.807, 2.05) is 0 Å². The normalized spacial score (nSPS) is 19.8. The van der Waals surface area contributed by atoms with Crippen LogP contribution in [-0.4, -0.2) is 13.6 Å². The Balaban J connectivity index is 2.10. The summed E-state index contributed by atoms with van der Waals surface area (Å²) in [7, 11) is 2.08. The molecule has 1 aromatic rings. The first-order valence-corrected chi connectivity index (χ1v) is 7.11. The van der Waals surface area contributed by atoms with Gasteiger partial charge in [-0.3, -0.25) is 0 Å². The number of rotatable bonds is 4. The Bertz CT molecular complexity index is 299. The lowest BCUT2D eigenvalue weighted by Gasteiger charge is -2.26. The van der Waals surface area contributed by atoms with Crippen molar-refractivity contribution in [2.75, 3.05) is 13.6 Å². The predicted octanol–water partition coefficient (Wildman–Crippen LogP) is 3.96. The van der Waals surface area contributed by atoms with Gasteiger partial charge in [0, 0.05) is 6.54 Å². The number of hydrogen-bond donors (Lipinski definition) is 1. The minimum atomic E-state index is 0.708. The number of hydrogen-bond acceptors (Lipinski definition) is 1. The molecule has 1 nitrogen and oxygen atoms in total. The standard InChI is InChI=1S/C16H25N/c1-17-13-16(15-11-7-4-8-12-15)14-9-5-2-3-6-10-14/h4,7-8,11-12,14,16-17H,2-3,5-6,9-10,13H2,1H3. The van der Waals surface area contributed by atoms with Gasteiger partial charge in [0.2, 0.25) is 0 Å². The molecule has 1 N–H and O–H groups in total. The zero-order valence-corrected chi connectivity index (χ0v) is 11.0. The first-order valence-electron chi connectivity index (χ1n) is 7.11. The van der Waals surface area contributed by atoms with Crippen LogP contribution in [0.4, 0.5) is 0 Å². The highest BCUT2D eigenvalue weighted by Gasteiger charge is 2.23. The van der Waals surface area contributed by atoms with Crippen LogP contribution in [0, 0.1) is 5.92 Å². The van der Waals surface area contributed by atoms with Crippen LogP contribution < -0.4 is 5.32 Å². The molecule has 94 valence electrons. The van der Waals surface area contributed by atoms with Gasteiger partial charge in [0.1, 0.15) is 0 Å². The third-order valence-corrected chi connectivity index (χ3v) is 4.12. The molecule has 1 unspecified atom stereocenters. The Kier molecular flexibility index (Phi) is 5.06. The van der Waals surface area contributed by atoms with E-state index in [4.69, 9.17) is 0 Å². The topological polar surface area (TPSA) is 12.0 Å². The average molecular weight is 231 g/mol. The van der Waals surface area contributed by atoms with Crippen molar-refractivity contribution in [1.29, 1.82) is 0 Å². The molecule has 1 atom stereocenters. The van der Waals surface area contributed by atoms with Crippen molar-refractivity contribution in [3.8, 4) is 0 Å². The number of benzene rings is 1. The van der Waals surface area contributed by atoms with Crippen molar-refractivity contribution in [1.82, 2.24) is 5.32 Å². The molecule has 0 bridgehead atoms. The largest absolute Gasteiger partial charge is 0.319 e. The van der Waals surface area contributed by atoms with Gasteiger partial charge in [-0.15, -0.1) is 0 Å². The van der Waals surface area contributed by atoms with Crippen molar-refractivity contribution in [2.24, 2.45) is 5.92 Å². The van der Waals surface area contributed by atoms with Gasteiger partial charge < -0.3 is 5.32 Å². The van der Waals surface area contributed by atoms with E-state index >= 15 is 0 Å². The molecule has 1 heteroatoms. The molecule has 2 rings (SSSR count). The van der Waals surface area contributed by atoms with Crippen LogP contribution >= 0.6 is 0 Å². The Labute approximate surface area is 106 Å². The lowest BCUT2D eigenvalue weighted by atomic mass is 9.81. The van der Waals surface area contributed by atoms with Crippen LogP contribution in [-0.2, 0) is 0 Å². The minimum absolute atomic E-state index is 0.708. The molecule has 1 fully saturated rings. The predicted molar refractivity (Wildman–Crippen MR) is 74.3 cm³/mol. The summed E-state index contributed by atoms with van der Waals surface area (Å²) in [4.78, 5) is 0. The van der Waals surface area contributed by atoms with E-state index in [-0.39, 0.29) is 0 Å². The van der Waals surface area contributed by atoms with Crippen molar-refractivity contribution < 1.29 is 0 Å². The molecular formula is C16H25N. The molecule has 0 amide bonds. The molecule has 0 heterocycles. The van der Waals surface area contributed by atoms with E-state index in [0.29, 0.717) is 5.92 Å². The highest BCUT2D eigenvalue weighted by molar-refractivity contribution is 5.20. The van der Waals surface area contributed by atoms with E-state index in [1.54, 1.807) is 0 Å². The quantitative estimate of drug-likeness (QED) is 0.773. The molecular weight excluding hydrogens is 206 g/mol. The van der Waals surface area contributed by atoms with Crippen LogP contribution in [0.2, 0.25) is 0 Å². The molecule has 0 aliphatic heterocycles. The summed E-state index contributed by atoms with van der Waals surface area (Å²) in [5.74, 6) is 1.59. The monoisotopic (exact) mass is 231 g/mol. The van der Waals surface area contributed by atoms with E-state index in [1.165, 1.54) is 44.1 Å². The first-order chi connectivity index (χ1) is 8.42. The van der Waals surface area contributed by atoms with E-state index < -0.39 is 0 Å². The zero-order valence-electron chi connectivity index (χ0n) is 11.0. The number of likely N-dealkylation sites (N-methyl/N-ethyl adjacent to an activating group) is 1. The summed E-state index contributed by atoms with van der Waals surface area (Å²) in [6.45, 7) is 1.12. The summed E-state index contributed by atoms with van der Waals surface area (Å²) in [5, 5.41) is 3.38. The van der Waals surface area contributed by atoms with Gasteiger partial charge in [0.05, 0.1) is 0 Å². The van der Waals surface area contributed by atoms with E-state index in [0.717, 1.165) is 12.5 Å². The molecule has 1 aromatic carbocycles. The molecule has 1 saturated carbocycles. The minimum Gasteiger partial charge on any atom is -0.319 e. The van der Waals surface area contributed by atoms with Gasteiger partial charge in [-0.1, -0.05) is 56.0 Å². The van der Waals surface area contributed by atoms with Gasteiger partial charge >= 0.3 is 0 Å². The maximum absolute atomic E-state index is 3.38. The lowest BCUT2D eigenvalue weighted by Crippen LogP contribution is -2.24. The van der Waals surface area contributed by atoms with Crippen LogP contribution in [0.1, 0.15) is 50.0 Å². The van der Waals surface area contributed by atoms with E-state index in [2.05, 4.69) is 42.7 Å². The van der Waals surface area contributed by atoms with Gasteiger partial charge in [-0.25, -0.2) is 0 Å². The fourth-order valence-electron chi connectivity index (χ4n) is 3.19. The first kappa shape index (κ1) is 12.6. The fourth-order valence-corrected chi connectivity index (χ4v) is 3.19. The summed E-state index contributed by atoms with van der Waals surface area (Å²) >= 11 is 0. The summed E-state index contributed by atoms with van der Waals surface area (Å²) < 4.78 is 0.